The minimum Gasteiger partial charge on any atom is -0.377 e. The number of hydrogen-bond donors (Lipinski definition) is 0. The van der Waals surface area contributed by atoms with Gasteiger partial charge in [0.05, 0.1) is 30.3 Å². The van der Waals surface area contributed by atoms with Crippen molar-refractivity contribution in [1.29, 1.82) is 0 Å². The highest BCUT2D eigenvalue weighted by Crippen LogP contribution is 2.22. The molecule has 2 rings (SSSR count). The lowest BCUT2D eigenvalue weighted by atomic mass is 10.1. The molecule has 1 fully saturated rings. The lowest BCUT2D eigenvalue weighted by Gasteiger charge is -2.38. The Morgan fingerprint density at radius 2 is 1.94 bits per heavy atom. The Morgan fingerprint density at radius 3 is 2.56 bits per heavy atom. The maximum atomic E-state index is 12.5. The van der Waals surface area contributed by atoms with Gasteiger partial charge in [0.25, 0.3) is 5.91 Å². The van der Waals surface area contributed by atoms with Crippen molar-refractivity contribution < 1.29 is 9.53 Å². The Kier molecular flexibility index (Phi) is 4.10. The van der Waals surface area contributed by atoms with Gasteiger partial charge >= 0.3 is 0 Å². The van der Waals surface area contributed by atoms with E-state index >= 15 is 0 Å². The van der Waals surface area contributed by atoms with Crippen LogP contribution < -0.4 is 0 Å². The maximum Gasteiger partial charge on any atom is 0.274 e. The van der Waals surface area contributed by atoms with Gasteiger partial charge in [0, 0.05) is 0 Å². The SMILES string of the molecule is C[C@@H]1COC[C@H](C)N1C(=O)c1nc(Cl)ccc1Cl. The summed E-state index contributed by atoms with van der Waals surface area (Å²) in [4.78, 5) is 18.2. The molecule has 0 aliphatic carbocycles. The first-order valence-electron chi connectivity index (χ1n) is 5.73. The van der Waals surface area contributed by atoms with Crippen molar-refractivity contribution in [3.05, 3.63) is 28.0 Å². The predicted octanol–water partition coefficient (Wildman–Crippen LogP) is 2.64. The topological polar surface area (TPSA) is 42.4 Å². The molecule has 1 aliphatic heterocycles. The number of pyridine rings is 1. The highest BCUT2D eigenvalue weighted by molar-refractivity contribution is 6.34. The smallest absolute Gasteiger partial charge is 0.274 e. The van der Waals surface area contributed by atoms with Gasteiger partial charge in [-0.25, -0.2) is 4.98 Å². The third-order valence-corrected chi connectivity index (χ3v) is 3.43. The number of carbonyl (C=O) groups is 1. The summed E-state index contributed by atoms with van der Waals surface area (Å²) in [5.74, 6) is -0.203. The zero-order valence-corrected chi connectivity index (χ0v) is 11.7. The zero-order valence-electron chi connectivity index (χ0n) is 10.2. The number of morpholine rings is 1. The molecule has 0 saturated carbocycles. The number of nitrogens with zero attached hydrogens (tertiary/aromatic N) is 2. The van der Waals surface area contributed by atoms with Crippen molar-refractivity contribution >= 4 is 29.1 Å². The van der Waals surface area contributed by atoms with Crippen LogP contribution >= 0.6 is 23.2 Å². The minimum absolute atomic E-state index is 0.00176. The summed E-state index contributed by atoms with van der Waals surface area (Å²) in [5, 5.41) is 0.576. The molecule has 1 aliphatic rings. The van der Waals surface area contributed by atoms with Gasteiger partial charge in [-0.15, -0.1) is 0 Å². The van der Waals surface area contributed by atoms with Gasteiger partial charge in [0.15, 0.2) is 0 Å². The highest BCUT2D eigenvalue weighted by Gasteiger charge is 2.32. The van der Waals surface area contributed by atoms with Crippen molar-refractivity contribution in [1.82, 2.24) is 9.88 Å². The second kappa shape index (κ2) is 5.43. The Bertz CT molecular complexity index is 457. The lowest BCUT2D eigenvalue weighted by molar-refractivity contribution is -0.0252. The van der Waals surface area contributed by atoms with Gasteiger partial charge in [0.1, 0.15) is 10.8 Å². The first-order valence-corrected chi connectivity index (χ1v) is 6.48. The predicted molar refractivity (Wildman–Crippen MR) is 70.2 cm³/mol. The van der Waals surface area contributed by atoms with Gasteiger partial charge in [0.2, 0.25) is 0 Å². The molecule has 0 spiro atoms. The molecule has 1 aromatic heterocycles. The van der Waals surface area contributed by atoms with Crippen LogP contribution in [0.1, 0.15) is 24.3 Å². The number of rotatable bonds is 1. The van der Waals surface area contributed by atoms with Crippen molar-refractivity contribution in [2.75, 3.05) is 13.2 Å². The van der Waals surface area contributed by atoms with Crippen LogP contribution in [0.25, 0.3) is 0 Å². The van der Waals surface area contributed by atoms with Crippen LogP contribution in [0, 0.1) is 0 Å². The van der Waals surface area contributed by atoms with Crippen molar-refractivity contribution in [3.8, 4) is 0 Å². The molecule has 0 aromatic carbocycles. The molecule has 0 unspecified atom stereocenters. The first-order chi connectivity index (χ1) is 8.50. The van der Waals surface area contributed by atoms with Crippen LogP contribution in [-0.2, 0) is 4.74 Å². The molecule has 1 aromatic rings. The second-order valence-corrected chi connectivity index (χ2v) is 5.21. The third-order valence-electron chi connectivity index (χ3n) is 2.92. The van der Waals surface area contributed by atoms with E-state index in [9.17, 15) is 4.79 Å². The monoisotopic (exact) mass is 288 g/mol. The fourth-order valence-corrected chi connectivity index (χ4v) is 2.43. The summed E-state index contributed by atoms with van der Waals surface area (Å²) < 4.78 is 5.39. The quantitative estimate of drug-likeness (QED) is 0.746. The van der Waals surface area contributed by atoms with Crippen LogP contribution in [0.2, 0.25) is 10.2 Å². The Balaban J connectivity index is 2.32. The largest absolute Gasteiger partial charge is 0.377 e. The van der Waals surface area contributed by atoms with Gasteiger partial charge in [-0.2, -0.15) is 0 Å². The number of amides is 1. The van der Waals surface area contributed by atoms with E-state index in [1.807, 2.05) is 13.8 Å². The molecule has 98 valence electrons. The number of aromatic nitrogens is 1. The van der Waals surface area contributed by atoms with E-state index in [1.54, 1.807) is 17.0 Å². The van der Waals surface area contributed by atoms with E-state index in [0.29, 0.717) is 18.2 Å². The molecule has 0 N–H and O–H groups in total. The fourth-order valence-electron chi connectivity index (χ4n) is 2.10. The van der Waals surface area contributed by atoms with Gasteiger partial charge in [-0.1, -0.05) is 23.2 Å². The average Bonchev–Trinajstić information content (AvgIpc) is 2.32. The van der Waals surface area contributed by atoms with Crippen LogP contribution in [0.4, 0.5) is 0 Å². The summed E-state index contributed by atoms with van der Waals surface area (Å²) in [6.07, 6.45) is 0. The zero-order chi connectivity index (χ0) is 13.3. The fraction of sp³-hybridized carbons (Fsp3) is 0.500. The minimum atomic E-state index is -0.203. The Hall–Kier alpha value is -0.840. The van der Waals surface area contributed by atoms with E-state index in [1.165, 1.54) is 0 Å². The maximum absolute atomic E-state index is 12.5. The molecule has 2 heterocycles. The number of carbonyl (C=O) groups excluding carboxylic acids is 1. The molecule has 6 heteroatoms. The molecule has 1 saturated heterocycles. The van der Waals surface area contributed by atoms with E-state index in [2.05, 4.69) is 4.98 Å². The van der Waals surface area contributed by atoms with Crippen molar-refractivity contribution in [2.24, 2.45) is 0 Å². The molecule has 4 nitrogen and oxygen atoms in total. The molecule has 2 atom stereocenters. The Morgan fingerprint density at radius 1 is 1.33 bits per heavy atom. The van der Waals surface area contributed by atoms with Crippen molar-refractivity contribution in [3.63, 3.8) is 0 Å². The lowest BCUT2D eigenvalue weighted by Crippen LogP contribution is -2.52. The standard InChI is InChI=1S/C12H14Cl2N2O2/c1-7-5-18-6-8(2)16(7)12(17)11-9(13)3-4-10(14)15-11/h3-4,7-8H,5-6H2,1-2H3/t7-,8+. The van der Waals surface area contributed by atoms with E-state index < -0.39 is 0 Å². The van der Waals surface area contributed by atoms with E-state index in [0.717, 1.165) is 0 Å². The number of hydrogen-bond acceptors (Lipinski definition) is 3. The van der Waals surface area contributed by atoms with Gasteiger partial charge in [-0.05, 0) is 26.0 Å². The van der Waals surface area contributed by atoms with Gasteiger partial charge < -0.3 is 9.64 Å². The second-order valence-electron chi connectivity index (χ2n) is 4.41. The van der Waals surface area contributed by atoms with Crippen molar-refractivity contribution in [2.45, 2.75) is 25.9 Å². The highest BCUT2D eigenvalue weighted by atomic mass is 35.5. The first kappa shape index (κ1) is 13.6. The Labute approximate surface area is 116 Å². The summed E-state index contributed by atoms with van der Waals surface area (Å²) in [5.41, 5.74) is 0.199. The molecule has 18 heavy (non-hydrogen) atoms. The summed E-state index contributed by atoms with van der Waals surface area (Å²) in [7, 11) is 0. The normalized spacial score (nSPS) is 24.1. The van der Waals surface area contributed by atoms with Crippen LogP contribution in [0.15, 0.2) is 12.1 Å². The van der Waals surface area contributed by atoms with E-state index in [4.69, 9.17) is 27.9 Å². The molecule has 1 amide bonds. The average molecular weight is 289 g/mol. The molecular formula is C12H14Cl2N2O2. The van der Waals surface area contributed by atoms with Gasteiger partial charge in [-0.3, -0.25) is 4.79 Å². The molecule has 0 radical (unpaired) electrons. The molecule has 0 bridgehead atoms. The molecular weight excluding hydrogens is 275 g/mol. The van der Waals surface area contributed by atoms with E-state index in [-0.39, 0.29) is 28.8 Å². The third kappa shape index (κ3) is 2.60. The summed E-state index contributed by atoms with van der Waals surface area (Å²) >= 11 is 11.8. The summed E-state index contributed by atoms with van der Waals surface area (Å²) in [6.45, 7) is 4.92. The number of halogens is 2. The van der Waals surface area contributed by atoms with Crippen LogP contribution in [-0.4, -0.2) is 41.1 Å². The summed E-state index contributed by atoms with van der Waals surface area (Å²) in [6, 6.07) is 3.14. The number of ether oxygens (including phenoxy) is 1. The van der Waals surface area contributed by atoms with Crippen LogP contribution in [0.5, 0.6) is 0 Å². The van der Waals surface area contributed by atoms with Crippen LogP contribution in [0.3, 0.4) is 0 Å².